The Hall–Kier alpha value is -0.800. The van der Waals surface area contributed by atoms with Crippen LogP contribution in [0.2, 0.25) is 0 Å². The maximum Gasteiger partial charge on any atom is 0.128 e. The van der Waals surface area contributed by atoms with Gasteiger partial charge in [-0.25, -0.2) is 4.98 Å². The van der Waals surface area contributed by atoms with E-state index in [4.69, 9.17) is 16.3 Å². The van der Waals surface area contributed by atoms with Gasteiger partial charge in [-0.3, -0.25) is 0 Å². The van der Waals surface area contributed by atoms with Crippen LogP contribution in [0.5, 0.6) is 0 Å². The minimum atomic E-state index is 0.278. The molecule has 0 saturated carbocycles. The van der Waals surface area contributed by atoms with Gasteiger partial charge >= 0.3 is 0 Å². The number of pyridine rings is 1. The third-order valence-electron chi connectivity index (χ3n) is 2.23. The molecule has 0 bridgehead atoms. The number of hydrogen-bond donors (Lipinski definition) is 0. The van der Waals surface area contributed by atoms with Crippen LogP contribution in [0, 0.1) is 0 Å². The Morgan fingerprint density at radius 3 is 2.69 bits per heavy atom. The first-order valence-corrected chi connectivity index (χ1v) is 6.00. The standard InChI is InChI=1S/C12H19ClN2O/c1-10(2)16-7-6-15(3)12-5-4-11(8-13)9-14-12/h4-5,9-10H,6-8H2,1-3H3. The van der Waals surface area contributed by atoms with E-state index in [1.807, 2.05) is 39.2 Å². The molecule has 4 heteroatoms. The molecule has 0 saturated heterocycles. The van der Waals surface area contributed by atoms with Crippen molar-refractivity contribution in [3.63, 3.8) is 0 Å². The number of likely N-dealkylation sites (N-methyl/N-ethyl adjacent to an activating group) is 1. The molecule has 0 N–H and O–H groups in total. The highest BCUT2D eigenvalue weighted by Gasteiger charge is 2.02. The summed E-state index contributed by atoms with van der Waals surface area (Å²) in [5.74, 6) is 1.45. The molecule has 0 radical (unpaired) electrons. The average molecular weight is 243 g/mol. The van der Waals surface area contributed by atoms with Gasteiger partial charge in [-0.05, 0) is 25.5 Å². The summed E-state index contributed by atoms with van der Waals surface area (Å²) in [5.41, 5.74) is 1.04. The Morgan fingerprint density at radius 2 is 2.19 bits per heavy atom. The second kappa shape index (κ2) is 6.71. The quantitative estimate of drug-likeness (QED) is 0.718. The van der Waals surface area contributed by atoms with Crippen LogP contribution in [0.1, 0.15) is 19.4 Å². The molecule has 0 aliphatic rings. The lowest BCUT2D eigenvalue weighted by molar-refractivity contribution is 0.0845. The van der Waals surface area contributed by atoms with Crippen molar-refractivity contribution in [3.05, 3.63) is 23.9 Å². The predicted molar refractivity (Wildman–Crippen MR) is 68.2 cm³/mol. The van der Waals surface area contributed by atoms with E-state index in [-0.39, 0.29) is 6.10 Å². The van der Waals surface area contributed by atoms with Crippen LogP contribution in [0.4, 0.5) is 5.82 Å². The number of halogens is 1. The molecule has 0 atom stereocenters. The predicted octanol–water partition coefficient (Wildman–Crippen LogP) is 2.68. The van der Waals surface area contributed by atoms with E-state index in [9.17, 15) is 0 Å². The summed E-state index contributed by atoms with van der Waals surface area (Å²) in [7, 11) is 2.01. The smallest absolute Gasteiger partial charge is 0.128 e. The summed E-state index contributed by atoms with van der Waals surface area (Å²) in [5, 5.41) is 0. The minimum Gasteiger partial charge on any atom is -0.377 e. The fraction of sp³-hybridized carbons (Fsp3) is 0.583. The molecule has 0 aromatic carbocycles. The fourth-order valence-corrected chi connectivity index (χ4v) is 1.42. The van der Waals surface area contributed by atoms with Crippen LogP contribution in [-0.4, -0.2) is 31.3 Å². The van der Waals surface area contributed by atoms with Crippen LogP contribution in [0.15, 0.2) is 18.3 Å². The molecule has 1 heterocycles. The third kappa shape index (κ3) is 4.37. The van der Waals surface area contributed by atoms with Gasteiger partial charge in [0.25, 0.3) is 0 Å². The summed E-state index contributed by atoms with van der Waals surface area (Å²) >= 11 is 5.70. The highest BCUT2D eigenvalue weighted by atomic mass is 35.5. The van der Waals surface area contributed by atoms with Crippen molar-refractivity contribution >= 4 is 17.4 Å². The minimum absolute atomic E-state index is 0.278. The maximum atomic E-state index is 5.70. The van der Waals surface area contributed by atoms with Gasteiger partial charge in [0.1, 0.15) is 5.82 Å². The first kappa shape index (κ1) is 13.3. The van der Waals surface area contributed by atoms with Crippen LogP contribution in [0.3, 0.4) is 0 Å². The first-order valence-electron chi connectivity index (χ1n) is 5.47. The Kier molecular flexibility index (Phi) is 5.56. The van der Waals surface area contributed by atoms with E-state index in [0.717, 1.165) is 17.9 Å². The summed E-state index contributed by atoms with van der Waals surface area (Å²) < 4.78 is 5.49. The number of rotatable bonds is 6. The second-order valence-electron chi connectivity index (χ2n) is 4.00. The summed E-state index contributed by atoms with van der Waals surface area (Å²) in [6, 6.07) is 3.97. The molecular weight excluding hydrogens is 224 g/mol. The molecule has 90 valence electrons. The molecule has 1 aromatic heterocycles. The first-order chi connectivity index (χ1) is 7.63. The number of alkyl halides is 1. The van der Waals surface area contributed by atoms with Gasteiger partial charge in [-0.15, -0.1) is 11.6 Å². The zero-order valence-electron chi connectivity index (χ0n) is 10.1. The van der Waals surface area contributed by atoms with Gasteiger partial charge in [0, 0.05) is 25.7 Å². The normalized spacial score (nSPS) is 10.8. The van der Waals surface area contributed by atoms with E-state index >= 15 is 0 Å². The molecule has 1 aromatic rings. The topological polar surface area (TPSA) is 25.4 Å². The van der Waals surface area contributed by atoms with Gasteiger partial charge in [0.2, 0.25) is 0 Å². The van der Waals surface area contributed by atoms with Gasteiger partial charge in [-0.2, -0.15) is 0 Å². The van der Waals surface area contributed by atoms with Gasteiger partial charge in [0.05, 0.1) is 12.7 Å². The van der Waals surface area contributed by atoms with Crippen molar-refractivity contribution in [1.82, 2.24) is 4.98 Å². The lowest BCUT2D eigenvalue weighted by atomic mass is 10.3. The summed E-state index contributed by atoms with van der Waals surface area (Å²) in [4.78, 5) is 6.40. The van der Waals surface area contributed by atoms with E-state index in [1.54, 1.807) is 0 Å². The van der Waals surface area contributed by atoms with Gasteiger partial charge in [0.15, 0.2) is 0 Å². The second-order valence-corrected chi connectivity index (χ2v) is 4.27. The zero-order valence-corrected chi connectivity index (χ0v) is 10.9. The van der Waals surface area contributed by atoms with Crippen molar-refractivity contribution in [2.75, 3.05) is 25.1 Å². The number of aromatic nitrogens is 1. The number of anilines is 1. The van der Waals surface area contributed by atoms with Crippen LogP contribution < -0.4 is 4.90 Å². The molecule has 0 aliphatic carbocycles. The highest BCUT2D eigenvalue weighted by molar-refractivity contribution is 6.17. The lowest BCUT2D eigenvalue weighted by Gasteiger charge is -2.19. The molecule has 0 unspecified atom stereocenters. The number of hydrogen-bond acceptors (Lipinski definition) is 3. The van der Waals surface area contributed by atoms with Crippen molar-refractivity contribution in [2.45, 2.75) is 25.8 Å². The Labute approximate surface area is 102 Å². The van der Waals surface area contributed by atoms with Crippen molar-refractivity contribution < 1.29 is 4.74 Å². The average Bonchev–Trinajstić information content (AvgIpc) is 2.28. The molecule has 3 nitrogen and oxygen atoms in total. The van der Waals surface area contributed by atoms with E-state index in [1.165, 1.54) is 0 Å². The van der Waals surface area contributed by atoms with E-state index < -0.39 is 0 Å². The molecular formula is C12H19ClN2O. The summed E-state index contributed by atoms with van der Waals surface area (Å²) in [6.45, 7) is 5.62. The van der Waals surface area contributed by atoms with Crippen molar-refractivity contribution in [1.29, 1.82) is 0 Å². The Morgan fingerprint density at radius 1 is 1.44 bits per heavy atom. The SMILES string of the molecule is CC(C)OCCN(C)c1ccc(CCl)cn1. The molecule has 0 aliphatic heterocycles. The summed E-state index contributed by atoms with van der Waals surface area (Å²) in [6.07, 6.45) is 2.09. The molecule has 0 spiro atoms. The van der Waals surface area contributed by atoms with Gasteiger partial charge < -0.3 is 9.64 Å². The third-order valence-corrected chi connectivity index (χ3v) is 2.54. The Bertz CT molecular complexity index is 300. The lowest BCUT2D eigenvalue weighted by Crippen LogP contribution is -2.24. The van der Waals surface area contributed by atoms with E-state index in [2.05, 4.69) is 9.88 Å². The largest absolute Gasteiger partial charge is 0.377 e. The van der Waals surface area contributed by atoms with Crippen molar-refractivity contribution in [3.8, 4) is 0 Å². The van der Waals surface area contributed by atoms with Crippen LogP contribution in [0.25, 0.3) is 0 Å². The molecule has 0 fully saturated rings. The fourth-order valence-electron chi connectivity index (χ4n) is 1.26. The van der Waals surface area contributed by atoms with Crippen LogP contribution in [-0.2, 0) is 10.6 Å². The molecule has 16 heavy (non-hydrogen) atoms. The number of ether oxygens (including phenoxy) is 1. The molecule has 1 rings (SSSR count). The highest BCUT2D eigenvalue weighted by Crippen LogP contribution is 2.10. The zero-order chi connectivity index (χ0) is 12.0. The monoisotopic (exact) mass is 242 g/mol. The van der Waals surface area contributed by atoms with Crippen molar-refractivity contribution in [2.24, 2.45) is 0 Å². The maximum absolute atomic E-state index is 5.70. The van der Waals surface area contributed by atoms with Gasteiger partial charge in [-0.1, -0.05) is 6.07 Å². The Balaban J connectivity index is 2.43. The molecule has 0 amide bonds. The van der Waals surface area contributed by atoms with Crippen LogP contribution >= 0.6 is 11.6 Å². The van der Waals surface area contributed by atoms with E-state index in [0.29, 0.717) is 12.5 Å². The number of nitrogens with zero attached hydrogens (tertiary/aromatic N) is 2.